The van der Waals surface area contributed by atoms with E-state index < -0.39 is 11.7 Å². The molecule has 0 atom stereocenters. The zero-order valence-electron chi connectivity index (χ0n) is 8.30. The minimum absolute atomic E-state index is 0.233. The fraction of sp³-hybridized carbons (Fsp3) is 0.455. The minimum Gasteiger partial charge on any atom is -0.681 e. The van der Waals surface area contributed by atoms with E-state index in [0.29, 0.717) is 5.69 Å². The summed E-state index contributed by atoms with van der Waals surface area (Å²) in [5, 5.41) is 4.24. The van der Waals surface area contributed by atoms with E-state index in [4.69, 9.17) is 0 Å². The fourth-order valence-electron chi connectivity index (χ4n) is 1.47. The lowest BCUT2D eigenvalue weighted by atomic mass is 10.1. The highest BCUT2D eigenvalue weighted by Gasteiger charge is 2.32. The average Bonchev–Trinajstić information content (AvgIpc) is 2.90. The van der Waals surface area contributed by atoms with Crippen molar-refractivity contribution in [2.45, 2.75) is 32.0 Å². The van der Waals surface area contributed by atoms with E-state index in [1.807, 2.05) is 0 Å². The molecule has 1 saturated carbocycles. The molecule has 0 amide bonds. The van der Waals surface area contributed by atoms with Gasteiger partial charge in [-0.2, -0.15) is 13.2 Å². The van der Waals surface area contributed by atoms with Crippen molar-refractivity contribution < 1.29 is 13.2 Å². The highest BCUT2D eigenvalue weighted by molar-refractivity contribution is 5.59. The summed E-state index contributed by atoms with van der Waals surface area (Å²) >= 11 is 0. The molecule has 1 aliphatic rings. The zero-order chi connectivity index (χ0) is 11.1. The topological polar surface area (TPSA) is 14.1 Å². The molecule has 2 rings (SSSR count). The molecular weight excluding hydrogens is 203 g/mol. The van der Waals surface area contributed by atoms with Crippen LogP contribution < -0.4 is 0 Å². The molecule has 0 aliphatic heterocycles. The van der Waals surface area contributed by atoms with Crippen molar-refractivity contribution in [1.29, 1.82) is 0 Å². The number of halogens is 3. The second-order valence-electron chi connectivity index (χ2n) is 3.81. The second kappa shape index (κ2) is 3.43. The molecule has 15 heavy (non-hydrogen) atoms. The highest BCUT2D eigenvalue weighted by Crippen LogP contribution is 2.41. The lowest BCUT2D eigenvalue weighted by Crippen LogP contribution is -2.07. The average molecular weight is 214 g/mol. The molecule has 0 aromatic heterocycles. The predicted molar refractivity (Wildman–Crippen MR) is 52.2 cm³/mol. The van der Waals surface area contributed by atoms with Gasteiger partial charge in [-0.15, -0.1) is 11.7 Å². The normalized spacial score (nSPS) is 16.5. The first-order valence-corrected chi connectivity index (χ1v) is 4.86. The third kappa shape index (κ3) is 2.25. The van der Waals surface area contributed by atoms with Crippen LogP contribution in [0.3, 0.4) is 0 Å². The fourth-order valence-corrected chi connectivity index (χ4v) is 1.47. The van der Waals surface area contributed by atoms with Gasteiger partial charge >= 0.3 is 6.18 Å². The third-order valence-electron chi connectivity index (χ3n) is 2.48. The molecule has 0 saturated heterocycles. The van der Waals surface area contributed by atoms with Crippen LogP contribution in [0.1, 0.15) is 24.0 Å². The molecule has 0 N–H and O–H groups in total. The molecule has 82 valence electrons. The molecule has 0 bridgehead atoms. The summed E-state index contributed by atoms with van der Waals surface area (Å²) in [6, 6.07) is 4.40. The van der Waals surface area contributed by atoms with Gasteiger partial charge in [0.1, 0.15) is 0 Å². The van der Waals surface area contributed by atoms with Crippen LogP contribution in [0.2, 0.25) is 0 Å². The van der Waals surface area contributed by atoms with Gasteiger partial charge < -0.3 is 5.32 Å². The second-order valence-corrected chi connectivity index (χ2v) is 3.81. The molecule has 0 spiro atoms. The van der Waals surface area contributed by atoms with Gasteiger partial charge in [-0.3, -0.25) is 0 Å². The highest BCUT2D eigenvalue weighted by atomic mass is 19.4. The van der Waals surface area contributed by atoms with Crippen LogP contribution in [-0.4, -0.2) is 6.04 Å². The van der Waals surface area contributed by atoms with Gasteiger partial charge in [0.25, 0.3) is 0 Å². The molecule has 1 aliphatic carbocycles. The first kappa shape index (κ1) is 10.3. The van der Waals surface area contributed by atoms with Crippen LogP contribution in [0.25, 0.3) is 5.32 Å². The van der Waals surface area contributed by atoms with E-state index in [2.05, 4.69) is 5.32 Å². The molecule has 4 heteroatoms. The van der Waals surface area contributed by atoms with E-state index in [1.165, 1.54) is 13.0 Å². The van der Waals surface area contributed by atoms with Crippen molar-refractivity contribution in [3.8, 4) is 0 Å². The largest absolute Gasteiger partial charge is 0.681 e. The maximum atomic E-state index is 12.5. The standard InChI is InChI=1S/C11H11F3N/c1-7-9(11(12,13)14)3-2-4-10(7)15-8-5-6-8/h2-4,8H,5-6H2,1H3/q-1. The number of alkyl halides is 3. The Balaban J connectivity index is 2.31. The van der Waals surface area contributed by atoms with Gasteiger partial charge in [-0.25, -0.2) is 0 Å². The van der Waals surface area contributed by atoms with E-state index >= 15 is 0 Å². The van der Waals surface area contributed by atoms with Gasteiger partial charge in [0.2, 0.25) is 0 Å². The molecule has 1 aromatic carbocycles. The van der Waals surface area contributed by atoms with E-state index in [9.17, 15) is 13.2 Å². The molecule has 1 aromatic rings. The van der Waals surface area contributed by atoms with Crippen LogP contribution in [0, 0.1) is 6.92 Å². The maximum absolute atomic E-state index is 12.5. The summed E-state index contributed by atoms with van der Waals surface area (Å²) in [6.45, 7) is 1.48. The Morgan fingerprint density at radius 1 is 1.27 bits per heavy atom. The van der Waals surface area contributed by atoms with Gasteiger partial charge in [0.05, 0.1) is 5.56 Å². The predicted octanol–water partition coefficient (Wildman–Crippen LogP) is 4.18. The summed E-state index contributed by atoms with van der Waals surface area (Å²) in [5.41, 5.74) is 0.133. The minimum atomic E-state index is -4.28. The van der Waals surface area contributed by atoms with Crippen LogP contribution >= 0.6 is 0 Å². The van der Waals surface area contributed by atoms with E-state index in [-0.39, 0.29) is 11.6 Å². The molecule has 1 fully saturated rings. The smallest absolute Gasteiger partial charge is 0.416 e. The van der Waals surface area contributed by atoms with Gasteiger partial charge in [0.15, 0.2) is 0 Å². The van der Waals surface area contributed by atoms with Crippen LogP contribution in [0.5, 0.6) is 0 Å². The first-order chi connectivity index (χ1) is 6.98. The Hall–Kier alpha value is -1.19. The maximum Gasteiger partial charge on any atom is 0.416 e. The summed E-state index contributed by atoms with van der Waals surface area (Å²) in [6.07, 6.45) is -2.29. The Labute approximate surface area is 86.3 Å². The lowest BCUT2D eigenvalue weighted by Gasteiger charge is -2.25. The molecule has 0 unspecified atom stereocenters. The third-order valence-corrected chi connectivity index (χ3v) is 2.48. The van der Waals surface area contributed by atoms with E-state index in [0.717, 1.165) is 18.9 Å². The van der Waals surface area contributed by atoms with E-state index in [1.54, 1.807) is 6.07 Å². The quantitative estimate of drug-likeness (QED) is 0.701. The summed E-state index contributed by atoms with van der Waals surface area (Å²) in [4.78, 5) is 0. The van der Waals surface area contributed by atoms with Gasteiger partial charge in [-0.05, 0) is 13.0 Å². The number of nitrogens with zero attached hydrogens (tertiary/aromatic N) is 1. The van der Waals surface area contributed by atoms with Crippen LogP contribution in [0.4, 0.5) is 18.9 Å². The number of hydrogen-bond donors (Lipinski definition) is 0. The number of benzene rings is 1. The Kier molecular flexibility index (Phi) is 2.37. The van der Waals surface area contributed by atoms with Crippen LogP contribution in [-0.2, 0) is 6.18 Å². The number of rotatable bonds is 2. The van der Waals surface area contributed by atoms with Crippen molar-refractivity contribution in [3.05, 3.63) is 34.6 Å². The molecule has 1 nitrogen and oxygen atoms in total. The van der Waals surface area contributed by atoms with Crippen molar-refractivity contribution >= 4 is 5.69 Å². The molecule has 0 heterocycles. The lowest BCUT2D eigenvalue weighted by molar-refractivity contribution is -0.138. The first-order valence-electron chi connectivity index (χ1n) is 4.86. The van der Waals surface area contributed by atoms with Crippen molar-refractivity contribution in [2.24, 2.45) is 0 Å². The molecular formula is C11H11F3N-. The van der Waals surface area contributed by atoms with Crippen molar-refractivity contribution in [1.82, 2.24) is 0 Å². The Morgan fingerprint density at radius 2 is 1.93 bits per heavy atom. The Bertz CT molecular complexity index is 367. The van der Waals surface area contributed by atoms with Crippen molar-refractivity contribution in [3.63, 3.8) is 0 Å². The summed E-state index contributed by atoms with van der Waals surface area (Å²) < 4.78 is 37.6. The van der Waals surface area contributed by atoms with Gasteiger partial charge in [-0.1, -0.05) is 30.5 Å². The summed E-state index contributed by atoms with van der Waals surface area (Å²) in [7, 11) is 0. The SMILES string of the molecule is Cc1c([N-]C2CC2)cccc1C(F)(F)F. The monoisotopic (exact) mass is 214 g/mol. The zero-order valence-corrected chi connectivity index (χ0v) is 8.30. The van der Waals surface area contributed by atoms with Crippen molar-refractivity contribution in [2.75, 3.05) is 0 Å². The summed E-state index contributed by atoms with van der Waals surface area (Å²) in [5.74, 6) is 0. The number of hydrogen-bond acceptors (Lipinski definition) is 0. The molecule has 0 radical (unpaired) electrons. The van der Waals surface area contributed by atoms with Gasteiger partial charge in [0, 0.05) is 0 Å². The van der Waals surface area contributed by atoms with Crippen LogP contribution in [0.15, 0.2) is 18.2 Å². The Morgan fingerprint density at radius 3 is 2.47 bits per heavy atom.